The molecule has 0 saturated heterocycles. The summed E-state index contributed by atoms with van der Waals surface area (Å²) in [5.41, 5.74) is 0.702. The van der Waals surface area contributed by atoms with Crippen molar-refractivity contribution in [2.75, 3.05) is 6.61 Å². The van der Waals surface area contributed by atoms with Gasteiger partial charge in [-0.2, -0.15) is 0 Å². The number of furan rings is 1. The zero-order chi connectivity index (χ0) is 20.5. The fraction of sp³-hybridized carbons (Fsp3) is 0.150. The number of nitro benzene ring substituents is 1. The number of non-ortho nitro benzene ring substituents is 1. The topological polar surface area (TPSA) is 117 Å². The molecule has 4 rings (SSSR count). The number of hydrogen-bond acceptors (Lipinski definition) is 7. The summed E-state index contributed by atoms with van der Waals surface area (Å²) in [5, 5.41) is 11.9. The lowest BCUT2D eigenvalue weighted by Gasteiger charge is -2.07. The van der Waals surface area contributed by atoms with Crippen molar-refractivity contribution in [1.29, 1.82) is 0 Å². The molecule has 0 aliphatic heterocycles. The van der Waals surface area contributed by atoms with Crippen molar-refractivity contribution < 1.29 is 18.9 Å². The predicted octanol–water partition coefficient (Wildman–Crippen LogP) is 3.28. The number of rotatable bonds is 5. The molecule has 0 radical (unpaired) electrons. The molecule has 0 amide bonds. The summed E-state index contributed by atoms with van der Waals surface area (Å²) in [6, 6.07) is 11.0. The van der Waals surface area contributed by atoms with E-state index >= 15 is 0 Å². The van der Waals surface area contributed by atoms with Gasteiger partial charge in [0, 0.05) is 23.1 Å². The maximum Gasteiger partial charge on any atom is 0.374 e. The summed E-state index contributed by atoms with van der Waals surface area (Å²) in [5.74, 6) is -0.583. The molecule has 0 atom stereocenters. The number of benzene rings is 2. The molecule has 0 saturated carbocycles. The monoisotopic (exact) mass is 393 g/mol. The average Bonchev–Trinajstić information content (AvgIpc) is 3.08. The van der Waals surface area contributed by atoms with E-state index in [1.54, 1.807) is 31.2 Å². The van der Waals surface area contributed by atoms with E-state index < -0.39 is 10.9 Å². The SMILES string of the molecule is CCOC(=O)c1oc2ccccc2c1Cn1cnc2cc([N+](=O)[O-])ccc2c1=O. The zero-order valence-electron chi connectivity index (χ0n) is 15.3. The second kappa shape index (κ2) is 7.19. The fourth-order valence-corrected chi connectivity index (χ4v) is 3.16. The molecule has 29 heavy (non-hydrogen) atoms. The predicted molar refractivity (Wildman–Crippen MR) is 104 cm³/mol. The number of fused-ring (bicyclic) bond motifs is 2. The number of esters is 1. The van der Waals surface area contributed by atoms with Crippen molar-refractivity contribution in [3.63, 3.8) is 0 Å². The van der Waals surface area contributed by atoms with Gasteiger partial charge in [-0.15, -0.1) is 0 Å². The summed E-state index contributed by atoms with van der Waals surface area (Å²) in [6.45, 7) is 1.91. The van der Waals surface area contributed by atoms with Crippen LogP contribution in [0, 0.1) is 10.1 Å². The molecule has 0 bridgehead atoms. The van der Waals surface area contributed by atoms with E-state index in [-0.39, 0.29) is 41.1 Å². The van der Waals surface area contributed by atoms with E-state index in [2.05, 4.69) is 4.98 Å². The lowest BCUT2D eigenvalue weighted by atomic mass is 10.1. The van der Waals surface area contributed by atoms with Gasteiger partial charge >= 0.3 is 5.97 Å². The standard InChI is InChI=1S/C20H15N3O6/c1-2-28-20(25)18-15(13-5-3-4-6-17(13)29-18)10-22-11-21-16-9-12(23(26)27)7-8-14(16)19(22)24/h3-9,11H,2,10H2,1H3. The van der Waals surface area contributed by atoms with Gasteiger partial charge in [-0.25, -0.2) is 9.78 Å². The van der Waals surface area contributed by atoms with Gasteiger partial charge in [0.1, 0.15) is 5.58 Å². The van der Waals surface area contributed by atoms with Crippen molar-refractivity contribution in [2.45, 2.75) is 13.5 Å². The third-order valence-corrected chi connectivity index (χ3v) is 4.51. The Labute approximate surface area is 163 Å². The minimum atomic E-state index is -0.615. The molecular weight excluding hydrogens is 378 g/mol. The van der Waals surface area contributed by atoms with Gasteiger partial charge in [-0.3, -0.25) is 19.5 Å². The first kappa shape index (κ1) is 18.4. The highest BCUT2D eigenvalue weighted by molar-refractivity contribution is 5.96. The van der Waals surface area contributed by atoms with Gasteiger partial charge in [0.25, 0.3) is 11.2 Å². The molecule has 4 aromatic rings. The molecule has 2 aromatic heterocycles. The average molecular weight is 393 g/mol. The molecule has 0 fully saturated rings. The number of ether oxygens (including phenoxy) is 1. The summed E-state index contributed by atoms with van der Waals surface area (Å²) >= 11 is 0. The normalized spacial score (nSPS) is 11.1. The van der Waals surface area contributed by atoms with E-state index in [1.165, 1.54) is 29.1 Å². The van der Waals surface area contributed by atoms with Crippen molar-refractivity contribution in [3.05, 3.63) is 80.6 Å². The number of carbonyl (C=O) groups is 1. The first-order valence-electron chi connectivity index (χ1n) is 8.80. The minimum absolute atomic E-state index is 0.0312. The molecule has 0 N–H and O–H groups in total. The third kappa shape index (κ3) is 3.22. The van der Waals surface area contributed by atoms with Crippen molar-refractivity contribution >= 4 is 33.5 Å². The van der Waals surface area contributed by atoms with Gasteiger partial charge in [0.05, 0.1) is 35.3 Å². The van der Waals surface area contributed by atoms with Crippen LogP contribution in [0.4, 0.5) is 5.69 Å². The Morgan fingerprint density at radius 1 is 1.24 bits per heavy atom. The van der Waals surface area contributed by atoms with Crippen LogP contribution in [0.3, 0.4) is 0 Å². The second-order valence-electron chi connectivity index (χ2n) is 6.26. The summed E-state index contributed by atoms with van der Waals surface area (Å²) in [6.07, 6.45) is 1.30. The van der Waals surface area contributed by atoms with E-state index in [1.807, 2.05) is 0 Å². The molecule has 2 aromatic carbocycles. The van der Waals surface area contributed by atoms with Gasteiger partial charge in [0.15, 0.2) is 0 Å². The summed E-state index contributed by atoms with van der Waals surface area (Å²) < 4.78 is 12.1. The number of carbonyl (C=O) groups excluding carboxylic acids is 1. The smallest absolute Gasteiger partial charge is 0.374 e. The number of nitro groups is 1. The van der Waals surface area contributed by atoms with Crippen LogP contribution in [0.15, 0.2) is 58.0 Å². The Kier molecular flexibility index (Phi) is 4.55. The Bertz CT molecular complexity index is 1320. The van der Waals surface area contributed by atoms with Crippen LogP contribution in [0.25, 0.3) is 21.9 Å². The first-order chi connectivity index (χ1) is 14.0. The molecule has 9 heteroatoms. The van der Waals surface area contributed by atoms with Crippen LogP contribution < -0.4 is 5.56 Å². The molecule has 2 heterocycles. The Balaban J connectivity index is 1.83. The maximum atomic E-state index is 12.9. The van der Waals surface area contributed by atoms with Crippen LogP contribution in [0.5, 0.6) is 0 Å². The van der Waals surface area contributed by atoms with Crippen LogP contribution >= 0.6 is 0 Å². The molecule has 0 aliphatic rings. The molecule has 0 unspecified atom stereocenters. The molecular formula is C20H15N3O6. The maximum absolute atomic E-state index is 12.9. The molecule has 9 nitrogen and oxygen atoms in total. The lowest BCUT2D eigenvalue weighted by molar-refractivity contribution is -0.384. The highest BCUT2D eigenvalue weighted by Gasteiger charge is 2.22. The van der Waals surface area contributed by atoms with Crippen LogP contribution in [0.1, 0.15) is 23.0 Å². The zero-order valence-corrected chi connectivity index (χ0v) is 15.3. The largest absolute Gasteiger partial charge is 0.460 e. The quantitative estimate of drug-likeness (QED) is 0.290. The second-order valence-corrected chi connectivity index (χ2v) is 6.26. The molecule has 0 spiro atoms. The third-order valence-electron chi connectivity index (χ3n) is 4.51. The Hall–Kier alpha value is -4.01. The number of aromatic nitrogens is 2. The van der Waals surface area contributed by atoms with Crippen LogP contribution in [0.2, 0.25) is 0 Å². The molecule has 0 aliphatic carbocycles. The fourth-order valence-electron chi connectivity index (χ4n) is 3.16. The first-order valence-corrected chi connectivity index (χ1v) is 8.80. The lowest BCUT2D eigenvalue weighted by Crippen LogP contribution is -2.22. The van der Waals surface area contributed by atoms with Crippen molar-refractivity contribution in [3.8, 4) is 0 Å². The van der Waals surface area contributed by atoms with E-state index in [9.17, 15) is 19.7 Å². The summed E-state index contributed by atoms with van der Waals surface area (Å²) in [7, 11) is 0. The number of nitrogens with zero attached hydrogens (tertiary/aromatic N) is 3. The molecule has 146 valence electrons. The summed E-state index contributed by atoms with van der Waals surface area (Å²) in [4.78, 5) is 39.8. The van der Waals surface area contributed by atoms with E-state index in [0.29, 0.717) is 16.5 Å². The minimum Gasteiger partial charge on any atom is -0.460 e. The Morgan fingerprint density at radius 3 is 2.79 bits per heavy atom. The van der Waals surface area contributed by atoms with E-state index in [4.69, 9.17) is 9.15 Å². The van der Waals surface area contributed by atoms with E-state index in [0.717, 1.165) is 0 Å². The number of hydrogen-bond donors (Lipinski definition) is 0. The Morgan fingerprint density at radius 2 is 2.03 bits per heavy atom. The van der Waals surface area contributed by atoms with Gasteiger partial charge in [-0.05, 0) is 19.1 Å². The van der Waals surface area contributed by atoms with Crippen molar-refractivity contribution in [2.24, 2.45) is 0 Å². The van der Waals surface area contributed by atoms with Crippen molar-refractivity contribution in [1.82, 2.24) is 9.55 Å². The van der Waals surface area contributed by atoms with Gasteiger partial charge in [0.2, 0.25) is 5.76 Å². The van der Waals surface area contributed by atoms with Gasteiger partial charge in [-0.1, -0.05) is 18.2 Å². The van der Waals surface area contributed by atoms with Crippen LogP contribution in [-0.4, -0.2) is 27.1 Å². The highest BCUT2D eigenvalue weighted by Crippen LogP contribution is 2.27. The number of para-hydroxylation sites is 1. The highest BCUT2D eigenvalue weighted by atomic mass is 16.6. The van der Waals surface area contributed by atoms with Gasteiger partial charge < -0.3 is 9.15 Å². The van der Waals surface area contributed by atoms with Crippen LogP contribution in [-0.2, 0) is 11.3 Å².